The average molecular weight is 396 g/mol. The van der Waals surface area contributed by atoms with Crippen molar-refractivity contribution >= 4 is 40.7 Å². The number of carboxylic acids is 1. The third-order valence-electron chi connectivity index (χ3n) is 4.28. The van der Waals surface area contributed by atoms with Gasteiger partial charge in [-0.2, -0.15) is 0 Å². The van der Waals surface area contributed by atoms with Gasteiger partial charge in [0.1, 0.15) is 0 Å². The number of unbranched alkanes of at least 4 members (excludes halogenated alkanes) is 10. The van der Waals surface area contributed by atoms with Crippen LogP contribution >= 0.6 is 0 Å². The maximum atomic E-state index is 11.6. The molecular formula is C20H28O8. The first-order chi connectivity index (χ1) is 13.2. The van der Waals surface area contributed by atoms with Crippen LogP contribution in [0.1, 0.15) is 84.0 Å². The van der Waals surface area contributed by atoms with Gasteiger partial charge in [0.15, 0.2) is 0 Å². The minimum Gasteiger partial charge on any atom is -0.475 e. The van der Waals surface area contributed by atoms with E-state index in [1.54, 1.807) is 0 Å². The van der Waals surface area contributed by atoms with Crippen molar-refractivity contribution in [2.24, 2.45) is 0 Å². The molecule has 0 aliphatic carbocycles. The van der Waals surface area contributed by atoms with Crippen LogP contribution in [-0.4, -0.2) is 45.8 Å². The summed E-state index contributed by atoms with van der Waals surface area (Å²) in [6.45, 7) is 2.17. The highest BCUT2D eigenvalue weighted by atomic mass is 16.4. The second kappa shape index (κ2) is 14.5. The SMILES string of the molecule is CCCCCCCCCCCCCC(=O)C(=O)C(=O)C(=O)C(=O)C(=O)C(=O)O. The van der Waals surface area contributed by atoms with E-state index < -0.39 is 40.7 Å². The Labute approximate surface area is 164 Å². The van der Waals surface area contributed by atoms with E-state index in [0.29, 0.717) is 12.8 Å². The van der Waals surface area contributed by atoms with Crippen molar-refractivity contribution in [3.05, 3.63) is 0 Å². The predicted molar refractivity (Wildman–Crippen MR) is 98.8 cm³/mol. The second-order valence-corrected chi connectivity index (χ2v) is 6.66. The topological polar surface area (TPSA) is 140 Å². The Balaban J connectivity index is 4.01. The number of hydrogen-bond donors (Lipinski definition) is 1. The normalized spacial score (nSPS) is 10.3. The minimum atomic E-state index is -2.22. The molecule has 0 unspecified atom stereocenters. The molecule has 0 aliphatic heterocycles. The molecule has 0 amide bonds. The Bertz CT molecular complexity index is 618. The van der Waals surface area contributed by atoms with Crippen LogP contribution < -0.4 is 0 Å². The van der Waals surface area contributed by atoms with Crippen molar-refractivity contribution in [2.45, 2.75) is 84.0 Å². The fourth-order valence-corrected chi connectivity index (χ4v) is 2.60. The van der Waals surface area contributed by atoms with Gasteiger partial charge in [0.25, 0.3) is 23.1 Å². The predicted octanol–water partition coefficient (Wildman–Crippen LogP) is 2.19. The van der Waals surface area contributed by atoms with E-state index in [1.165, 1.54) is 38.5 Å². The molecule has 0 aromatic carbocycles. The highest BCUT2D eigenvalue weighted by molar-refractivity contribution is 6.95. The van der Waals surface area contributed by atoms with E-state index in [4.69, 9.17) is 5.11 Å². The first kappa shape index (κ1) is 25.5. The van der Waals surface area contributed by atoms with Crippen LogP contribution in [0.5, 0.6) is 0 Å². The third-order valence-corrected chi connectivity index (χ3v) is 4.28. The summed E-state index contributed by atoms with van der Waals surface area (Å²) >= 11 is 0. The summed E-state index contributed by atoms with van der Waals surface area (Å²) in [6, 6.07) is 0. The summed E-state index contributed by atoms with van der Waals surface area (Å²) < 4.78 is 0. The lowest BCUT2D eigenvalue weighted by Crippen LogP contribution is -2.40. The number of ketones is 6. The molecule has 0 aliphatic rings. The molecule has 1 N–H and O–H groups in total. The fraction of sp³-hybridized carbons (Fsp3) is 0.650. The smallest absolute Gasteiger partial charge is 0.380 e. The molecule has 0 fully saturated rings. The van der Waals surface area contributed by atoms with Crippen molar-refractivity contribution in [2.75, 3.05) is 0 Å². The van der Waals surface area contributed by atoms with E-state index in [-0.39, 0.29) is 6.42 Å². The zero-order valence-electron chi connectivity index (χ0n) is 16.3. The summed E-state index contributed by atoms with van der Waals surface area (Å²) in [4.78, 5) is 78.3. The lowest BCUT2D eigenvalue weighted by Gasteiger charge is -2.02. The van der Waals surface area contributed by atoms with Crippen molar-refractivity contribution in [3.8, 4) is 0 Å². The van der Waals surface area contributed by atoms with Gasteiger partial charge in [-0.05, 0) is 6.42 Å². The minimum absolute atomic E-state index is 0.240. The van der Waals surface area contributed by atoms with E-state index in [1.807, 2.05) is 0 Å². The van der Waals surface area contributed by atoms with E-state index in [0.717, 1.165) is 19.3 Å². The first-order valence-electron chi connectivity index (χ1n) is 9.71. The van der Waals surface area contributed by atoms with Crippen molar-refractivity contribution in [1.82, 2.24) is 0 Å². The van der Waals surface area contributed by atoms with Crippen LogP contribution in [0, 0.1) is 0 Å². The molecule has 156 valence electrons. The lowest BCUT2D eigenvalue weighted by atomic mass is 10.00. The molecule has 0 aromatic heterocycles. The van der Waals surface area contributed by atoms with Crippen LogP contribution in [0.3, 0.4) is 0 Å². The second-order valence-electron chi connectivity index (χ2n) is 6.66. The summed E-state index contributed by atoms with van der Waals surface area (Å²) in [5, 5.41) is 8.31. The van der Waals surface area contributed by atoms with Gasteiger partial charge in [-0.25, -0.2) is 4.79 Å². The van der Waals surface area contributed by atoms with Gasteiger partial charge in [0.05, 0.1) is 0 Å². The molecule has 0 aromatic rings. The van der Waals surface area contributed by atoms with Gasteiger partial charge in [-0.15, -0.1) is 0 Å². The zero-order chi connectivity index (χ0) is 21.5. The Morgan fingerprint density at radius 3 is 1.29 bits per heavy atom. The van der Waals surface area contributed by atoms with Crippen LogP contribution in [-0.2, 0) is 33.6 Å². The standard InChI is InChI=1S/C20H28O8/c1-2-3-4-5-6-7-8-9-10-11-12-13-14(21)15(22)16(23)17(24)18(25)19(26)20(27)28/h2-13H2,1H3,(H,27,28). The van der Waals surface area contributed by atoms with Crippen molar-refractivity contribution in [1.29, 1.82) is 0 Å². The molecule has 8 heteroatoms. The quantitative estimate of drug-likeness (QED) is 0.211. The largest absolute Gasteiger partial charge is 0.475 e. The highest BCUT2D eigenvalue weighted by Gasteiger charge is 2.38. The summed E-state index contributed by atoms with van der Waals surface area (Å²) in [5.41, 5.74) is 0. The maximum absolute atomic E-state index is 11.6. The number of rotatable bonds is 18. The molecule has 0 saturated heterocycles. The van der Waals surface area contributed by atoms with Crippen molar-refractivity contribution < 1.29 is 38.7 Å². The molecule has 0 radical (unpaired) electrons. The number of carbonyl (C=O) groups excluding carboxylic acids is 6. The monoisotopic (exact) mass is 396 g/mol. The number of carbonyl (C=O) groups is 7. The molecule has 0 rings (SSSR count). The Morgan fingerprint density at radius 2 is 0.857 bits per heavy atom. The molecule has 0 saturated carbocycles. The molecule has 0 spiro atoms. The van der Waals surface area contributed by atoms with Crippen LogP contribution in [0.2, 0.25) is 0 Å². The van der Waals surface area contributed by atoms with Gasteiger partial charge in [-0.3, -0.25) is 28.8 Å². The first-order valence-corrected chi connectivity index (χ1v) is 9.71. The Morgan fingerprint density at radius 1 is 0.500 bits per heavy atom. The molecule has 8 nitrogen and oxygen atoms in total. The summed E-state index contributed by atoms with van der Waals surface area (Å²) in [7, 11) is 0. The maximum Gasteiger partial charge on any atom is 0.380 e. The van der Waals surface area contributed by atoms with Gasteiger partial charge in [-0.1, -0.05) is 71.1 Å². The van der Waals surface area contributed by atoms with Crippen molar-refractivity contribution in [3.63, 3.8) is 0 Å². The lowest BCUT2D eigenvalue weighted by molar-refractivity contribution is -0.157. The Hall–Kier alpha value is -2.51. The molecule has 0 heterocycles. The van der Waals surface area contributed by atoms with Gasteiger partial charge < -0.3 is 5.11 Å². The third kappa shape index (κ3) is 9.99. The number of aliphatic carboxylic acids is 1. The molecular weight excluding hydrogens is 368 g/mol. The molecule has 0 atom stereocenters. The van der Waals surface area contributed by atoms with Gasteiger partial charge >= 0.3 is 11.8 Å². The van der Waals surface area contributed by atoms with Crippen LogP contribution in [0.25, 0.3) is 0 Å². The van der Waals surface area contributed by atoms with E-state index >= 15 is 0 Å². The summed E-state index contributed by atoms with van der Waals surface area (Å²) in [5.74, 6) is -13.3. The van der Waals surface area contributed by atoms with E-state index in [9.17, 15) is 33.6 Å². The van der Waals surface area contributed by atoms with Gasteiger partial charge in [0.2, 0.25) is 5.78 Å². The zero-order valence-corrected chi connectivity index (χ0v) is 16.3. The fourth-order valence-electron chi connectivity index (χ4n) is 2.60. The van der Waals surface area contributed by atoms with Crippen LogP contribution in [0.4, 0.5) is 0 Å². The van der Waals surface area contributed by atoms with Gasteiger partial charge in [0, 0.05) is 6.42 Å². The van der Waals surface area contributed by atoms with E-state index in [2.05, 4.69) is 6.92 Å². The number of Topliss-reactive ketones (excluding diaryl/α,β-unsaturated/α-hetero) is 6. The Kier molecular flexibility index (Phi) is 13.2. The molecule has 0 bridgehead atoms. The molecule has 28 heavy (non-hydrogen) atoms. The average Bonchev–Trinajstić information content (AvgIpc) is 2.68. The highest BCUT2D eigenvalue weighted by Crippen LogP contribution is 2.12. The number of hydrogen-bond acceptors (Lipinski definition) is 7. The van der Waals surface area contributed by atoms with Crippen LogP contribution in [0.15, 0.2) is 0 Å². The summed E-state index contributed by atoms with van der Waals surface area (Å²) in [6.07, 6.45) is 11.2. The number of carboxylic acid groups (broad SMARTS) is 1.